The molecule has 0 heterocycles. The summed E-state index contributed by atoms with van der Waals surface area (Å²) in [6.07, 6.45) is 84.9. The van der Waals surface area contributed by atoms with E-state index in [0.717, 1.165) is 103 Å². The molecule has 446 valence electrons. The van der Waals surface area contributed by atoms with Crippen LogP contribution in [0.5, 0.6) is 0 Å². The minimum Gasteiger partial charge on any atom is -0.462 e. The van der Waals surface area contributed by atoms with E-state index < -0.39 is 6.10 Å². The fourth-order valence-corrected chi connectivity index (χ4v) is 9.70. The number of rotatable bonds is 61. The Bertz CT molecular complexity index is 1420. The highest BCUT2D eigenvalue weighted by molar-refractivity contribution is 5.71. The zero-order valence-corrected chi connectivity index (χ0v) is 51.2. The van der Waals surface area contributed by atoms with E-state index in [-0.39, 0.29) is 31.1 Å². The largest absolute Gasteiger partial charge is 0.462 e. The van der Waals surface area contributed by atoms with E-state index in [1.807, 2.05) is 0 Å². The fraction of sp³-hybridized carbons (Fsp3) is 0.789. The van der Waals surface area contributed by atoms with E-state index in [9.17, 15) is 14.4 Å². The van der Waals surface area contributed by atoms with Crippen LogP contribution < -0.4 is 0 Å². The Morgan fingerprint density at radius 1 is 0.273 bits per heavy atom. The Morgan fingerprint density at radius 2 is 0.506 bits per heavy atom. The van der Waals surface area contributed by atoms with Gasteiger partial charge in [0.25, 0.3) is 0 Å². The van der Waals surface area contributed by atoms with Crippen molar-refractivity contribution in [2.45, 2.75) is 348 Å². The lowest BCUT2D eigenvalue weighted by Gasteiger charge is -2.18. The van der Waals surface area contributed by atoms with Crippen molar-refractivity contribution in [3.63, 3.8) is 0 Å². The first-order valence-corrected chi connectivity index (χ1v) is 33.4. The highest BCUT2D eigenvalue weighted by Gasteiger charge is 2.19. The summed E-state index contributed by atoms with van der Waals surface area (Å²) in [4.78, 5) is 38.4. The second-order valence-electron chi connectivity index (χ2n) is 22.4. The van der Waals surface area contributed by atoms with Crippen LogP contribution in [0.4, 0.5) is 0 Å². The molecule has 6 nitrogen and oxygen atoms in total. The molecule has 6 heteroatoms. The molecule has 0 aliphatic heterocycles. The molecule has 0 aliphatic rings. The van der Waals surface area contributed by atoms with Gasteiger partial charge in [-0.3, -0.25) is 14.4 Å². The van der Waals surface area contributed by atoms with Gasteiger partial charge in [0.15, 0.2) is 6.10 Å². The first kappa shape index (κ1) is 73.8. The van der Waals surface area contributed by atoms with Gasteiger partial charge in [0.05, 0.1) is 0 Å². The topological polar surface area (TPSA) is 78.9 Å². The quantitative estimate of drug-likeness (QED) is 0.0261. The molecule has 77 heavy (non-hydrogen) atoms. The van der Waals surface area contributed by atoms with Crippen LogP contribution in [0.1, 0.15) is 342 Å². The molecule has 0 rings (SSSR count). The summed E-state index contributed by atoms with van der Waals surface area (Å²) in [5, 5.41) is 0. The molecule has 0 spiro atoms. The average molecular weight is 1080 g/mol. The molecule has 0 aromatic carbocycles. The Morgan fingerprint density at radius 3 is 0.818 bits per heavy atom. The minimum atomic E-state index is -0.797. The van der Waals surface area contributed by atoms with E-state index >= 15 is 0 Å². The summed E-state index contributed by atoms with van der Waals surface area (Å²) in [5.41, 5.74) is 0. The van der Waals surface area contributed by atoms with E-state index in [0.29, 0.717) is 19.3 Å². The van der Waals surface area contributed by atoms with Crippen molar-refractivity contribution in [3.8, 4) is 0 Å². The van der Waals surface area contributed by atoms with E-state index in [2.05, 4.69) is 93.7 Å². The van der Waals surface area contributed by atoms with Gasteiger partial charge in [0.2, 0.25) is 0 Å². The van der Waals surface area contributed by atoms with E-state index in [4.69, 9.17) is 14.2 Å². The number of allylic oxidation sites excluding steroid dienone is 12. The number of hydrogen-bond donors (Lipinski definition) is 0. The SMILES string of the molecule is CC/C=C\C/C=C\C/C=C\C/C=C\C/C=C\CCCCCC(=O)OC(COC(=O)CCCCCCC/C=C\CCCCCCCCC)COC(=O)CCCCCCCCCCCCCCCCCCCCCCCCCC. The number of ether oxygens (including phenoxy) is 3. The fourth-order valence-electron chi connectivity index (χ4n) is 9.70. The van der Waals surface area contributed by atoms with Gasteiger partial charge in [0, 0.05) is 19.3 Å². The zero-order chi connectivity index (χ0) is 55.7. The van der Waals surface area contributed by atoms with Crippen LogP contribution in [0, 0.1) is 0 Å². The van der Waals surface area contributed by atoms with Gasteiger partial charge in [-0.25, -0.2) is 0 Å². The van der Waals surface area contributed by atoms with Crippen molar-refractivity contribution in [1.29, 1.82) is 0 Å². The van der Waals surface area contributed by atoms with Gasteiger partial charge in [-0.15, -0.1) is 0 Å². The predicted octanol–water partition coefficient (Wildman–Crippen LogP) is 22.9. The second kappa shape index (κ2) is 65.4. The van der Waals surface area contributed by atoms with E-state index in [1.54, 1.807) is 0 Å². The minimum absolute atomic E-state index is 0.0885. The van der Waals surface area contributed by atoms with Crippen molar-refractivity contribution in [2.75, 3.05) is 13.2 Å². The molecule has 0 aromatic heterocycles. The maximum Gasteiger partial charge on any atom is 0.306 e. The normalized spacial score (nSPS) is 12.5. The molecule has 0 aliphatic carbocycles. The summed E-state index contributed by atoms with van der Waals surface area (Å²) in [6, 6.07) is 0. The lowest BCUT2D eigenvalue weighted by molar-refractivity contribution is -0.167. The number of hydrogen-bond acceptors (Lipinski definition) is 6. The van der Waals surface area contributed by atoms with Crippen molar-refractivity contribution in [1.82, 2.24) is 0 Å². The molecule has 0 saturated heterocycles. The molecule has 0 bridgehead atoms. The molecule has 1 unspecified atom stereocenters. The molecule has 0 N–H and O–H groups in total. The van der Waals surface area contributed by atoms with Crippen molar-refractivity contribution < 1.29 is 28.6 Å². The molecule has 0 saturated carbocycles. The van der Waals surface area contributed by atoms with Gasteiger partial charge < -0.3 is 14.2 Å². The van der Waals surface area contributed by atoms with Crippen molar-refractivity contribution >= 4 is 17.9 Å². The van der Waals surface area contributed by atoms with Crippen LogP contribution in [-0.4, -0.2) is 37.2 Å². The van der Waals surface area contributed by atoms with Crippen molar-refractivity contribution in [3.05, 3.63) is 72.9 Å². The van der Waals surface area contributed by atoms with E-state index in [1.165, 1.54) is 199 Å². The number of carbonyl (C=O) groups excluding carboxylic acids is 3. The Balaban J connectivity index is 4.36. The van der Waals surface area contributed by atoms with Crippen LogP contribution in [0.15, 0.2) is 72.9 Å². The van der Waals surface area contributed by atoms with Gasteiger partial charge in [-0.05, 0) is 89.9 Å². The van der Waals surface area contributed by atoms with Crippen LogP contribution in [-0.2, 0) is 28.6 Å². The Labute approximate surface area is 478 Å². The third-order valence-corrected chi connectivity index (χ3v) is 14.7. The molecule has 0 aromatic rings. The number of carbonyl (C=O) groups is 3. The molecule has 0 fully saturated rings. The molecule has 0 amide bonds. The lowest BCUT2D eigenvalue weighted by Crippen LogP contribution is -2.30. The predicted molar refractivity (Wildman–Crippen MR) is 335 cm³/mol. The average Bonchev–Trinajstić information content (AvgIpc) is 3.43. The maximum absolute atomic E-state index is 12.9. The van der Waals surface area contributed by atoms with Crippen LogP contribution in [0.25, 0.3) is 0 Å². The summed E-state index contributed by atoms with van der Waals surface area (Å²) < 4.78 is 16.9. The standard InChI is InChI=1S/C71H126O6/c1-4-7-10-13-16-19-22-25-28-31-33-34-35-36-37-39-40-43-46-49-52-55-58-61-64-70(73)76-67-68(66-75-69(72)63-60-57-54-51-48-45-42-30-27-24-21-18-15-12-9-6-3)77-71(74)65-62-59-56-53-50-47-44-41-38-32-29-26-23-20-17-14-11-8-5-2/h8,11,17,20,26,29-30,38,41-42,47,50,68H,4-7,9-10,12-16,18-19,21-25,27-28,31-37,39-40,43-46,48-49,51-67H2,1-3H3/b11-8-,20-17-,29-26-,41-38-,42-30-,50-47-. The smallest absolute Gasteiger partial charge is 0.306 e. The zero-order valence-electron chi connectivity index (χ0n) is 51.2. The van der Waals surface area contributed by atoms with Gasteiger partial charge in [-0.2, -0.15) is 0 Å². The summed E-state index contributed by atoms with van der Waals surface area (Å²) in [7, 11) is 0. The first-order chi connectivity index (χ1) is 38.0. The first-order valence-electron chi connectivity index (χ1n) is 33.4. The second-order valence-corrected chi connectivity index (χ2v) is 22.4. The molecule has 0 radical (unpaired) electrons. The van der Waals surface area contributed by atoms with Gasteiger partial charge >= 0.3 is 17.9 Å². The van der Waals surface area contributed by atoms with Crippen molar-refractivity contribution in [2.24, 2.45) is 0 Å². The van der Waals surface area contributed by atoms with Crippen LogP contribution in [0.2, 0.25) is 0 Å². The number of unbranched alkanes of at least 4 members (excludes halogenated alkanes) is 38. The molecular formula is C71H126O6. The Kier molecular flexibility index (Phi) is 62.7. The summed E-state index contributed by atoms with van der Waals surface area (Å²) >= 11 is 0. The number of esters is 3. The monoisotopic (exact) mass is 1070 g/mol. The summed E-state index contributed by atoms with van der Waals surface area (Å²) in [6.45, 7) is 6.54. The van der Waals surface area contributed by atoms with Gasteiger partial charge in [-0.1, -0.05) is 306 Å². The lowest BCUT2D eigenvalue weighted by atomic mass is 10.0. The Hall–Kier alpha value is -3.15. The maximum atomic E-state index is 12.9. The molecule has 1 atom stereocenters. The summed E-state index contributed by atoms with van der Waals surface area (Å²) in [5.74, 6) is -0.912. The third kappa shape index (κ3) is 63.6. The molecular weight excluding hydrogens is 949 g/mol. The highest BCUT2D eigenvalue weighted by atomic mass is 16.6. The highest BCUT2D eigenvalue weighted by Crippen LogP contribution is 2.17. The third-order valence-electron chi connectivity index (χ3n) is 14.7. The van der Waals surface area contributed by atoms with Crippen LogP contribution in [0.3, 0.4) is 0 Å². The van der Waals surface area contributed by atoms with Gasteiger partial charge in [0.1, 0.15) is 13.2 Å². The van der Waals surface area contributed by atoms with Crippen LogP contribution >= 0.6 is 0 Å².